The first kappa shape index (κ1) is 48.5. The third-order valence-electron chi connectivity index (χ3n) is 12.9. The second kappa shape index (κ2) is 19.7. The molecule has 4 heterocycles. The quantitative estimate of drug-likeness (QED) is 0.0640. The van der Waals surface area contributed by atoms with Gasteiger partial charge in [-0.1, -0.05) is 42.8 Å². The Morgan fingerprint density at radius 2 is 1.79 bits per heavy atom. The lowest BCUT2D eigenvalue weighted by Gasteiger charge is -2.57. The summed E-state index contributed by atoms with van der Waals surface area (Å²) in [5.41, 5.74) is -1.26. The zero-order valence-corrected chi connectivity index (χ0v) is 38.7. The number of aliphatic carboxylic acids is 1. The lowest BCUT2D eigenvalue weighted by atomic mass is 9.60. The number of allylic oxidation sites excluding steroid dienone is 1. The predicted molar refractivity (Wildman–Crippen MR) is 259 cm³/mol. The largest absolute Gasteiger partial charge is 0.508 e. The molecule has 19 nitrogen and oxygen atoms in total. The highest BCUT2D eigenvalue weighted by molar-refractivity contribution is 6.13. The van der Waals surface area contributed by atoms with Crippen LogP contribution in [0, 0.1) is 5.92 Å². The normalized spacial score (nSPS) is 25.5. The minimum atomic E-state index is -2.76. The van der Waals surface area contributed by atoms with Crippen molar-refractivity contribution in [1.82, 2.24) is 0 Å². The Balaban J connectivity index is 1.09. The second-order valence-electron chi connectivity index (χ2n) is 18.0. The van der Waals surface area contributed by atoms with Crippen molar-refractivity contribution in [1.29, 1.82) is 0 Å². The maximum absolute atomic E-state index is 13.3. The van der Waals surface area contributed by atoms with Crippen molar-refractivity contribution in [2.24, 2.45) is 20.9 Å². The third kappa shape index (κ3) is 9.69. The molecule has 4 aromatic carbocycles. The molecular formula is C52H54N5O14+. The Bertz CT molecular complexity index is 2930. The summed E-state index contributed by atoms with van der Waals surface area (Å²) in [4.78, 5) is 26.0. The number of benzene rings is 4. The zero-order chi connectivity index (χ0) is 50.2. The number of carboxylic acid groups (broad SMARTS) is 1. The predicted octanol–water partition coefficient (Wildman–Crippen LogP) is 3.29. The van der Waals surface area contributed by atoms with E-state index in [0.29, 0.717) is 53.4 Å². The van der Waals surface area contributed by atoms with Gasteiger partial charge in [-0.15, -0.1) is 0 Å². The van der Waals surface area contributed by atoms with Crippen molar-refractivity contribution in [2.75, 3.05) is 25.0 Å². The van der Waals surface area contributed by atoms with E-state index < -0.39 is 76.8 Å². The van der Waals surface area contributed by atoms with Gasteiger partial charge in [0.1, 0.15) is 59.3 Å². The fraction of sp³-hybridized carbons (Fsp3) is 0.327. The van der Waals surface area contributed by atoms with Crippen LogP contribution in [-0.4, -0.2) is 126 Å². The molecular weight excluding hydrogens is 919 g/mol. The smallest absolute Gasteiger partial charge is 0.336 e. The number of rotatable bonds is 18. The molecule has 0 saturated carbocycles. The van der Waals surface area contributed by atoms with Crippen molar-refractivity contribution in [2.45, 2.75) is 81.6 Å². The van der Waals surface area contributed by atoms with E-state index in [2.05, 4.69) is 20.3 Å². The number of aromatic hydroxyl groups is 2. The molecule has 2 bridgehead atoms. The first-order valence-corrected chi connectivity index (χ1v) is 23.0. The van der Waals surface area contributed by atoms with Gasteiger partial charge in [0.05, 0.1) is 30.9 Å². The molecule has 8 unspecified atom stereocenters. The Labute approximate surface area is 407 Å². The standard InChI is InChI=1S/C52H53N5O14/c1-3-28-15-30(19-35(59)18-28)25-68-46-41(21-40-43(45(46)61)38(60)20-39(69-40)31-7-10-36(11-8-31)67-14-13-33-9-12-42(53)57-33)70-50-51(65)22-32(16-29-5-4-6-34(17-29)55-23-27(2)58)44(37-24-54-26-56-37)52(66,49(51)64)47(71-50)48(62)63/h4-12,15,17-22,26-27,39,44,47,49-50,53,55,58-61,64-66H,3,13-14,16,23-25H2,1-2H3,(H,62,63)/p+1. The van der Waals surface area contributed by atoms with Crippen molar-refractivity contribution < 1.29 is 74.7 Å². The van der Waals surface area contributed by atoms with Crippen LogP contribution in [0.15, 0.2) is 118 Å². The van der Waals surface area contributed by atoms with E-state index in [9.17, 15) is 45.6 Å². The average molecular weight is 973 g/mol. The minimum Gasteiger partial charge on any atom is -0.508 e. The summed E-state index contributed by atoms with van der Waals surface area (Å²) in [7, 11) is 0. The van der Waals surface area contributed by atoms with E-state index in [1.54, 1.807) is 73.7 Å². The summed E-state index contributed by atoms with van der Waals surface area (Å²) in [5, 5.41) is 101. The molecule has 19 heteroatoms. The number of aliphatic hydroxyl groups excluding tert-OH is 3. The molecule has 4 aromatic rings. The fourth-order valence-electron chi connectivity index (χ4n) is 9.50. The summed E-state index contributed by atoms with van der Waals surface area (Å²) in [6, 6.07) is 20.1. The highest BCUT2D eigenvalue weighted by Crippen LogP contribution is 2.54. The average Bonchev–Trinajstić information content (AvgIpc) is 4.02. The van der Waals surface area contributed by atoms with Gasteiger partial charge in [-0.3, -0.25) is 10.4 Å². The van der Waals surface area contributed by atoms with Crippen molar-refractivity contribution in [3.8, 4) is 34.5 Å². The number of hydrogen-bond acceptors (Lipinski definition) is 16. The van der Waals surface area contributed by atoms with E-state index in [1.165, 1.54) is 30.6 Å². The molecule has 9 rings (SSSR count). The first-order chi connectivity index (χ1) is 34.0. The van der Waals surface area contributed by atoms with E-state index in [1.807, 2.05) is 13.0 Å². The number of aryl methyl sites for hydroxylation is 1. The molecule has 8 atom stereocenters. The van der Waals surface area contributed by atoms with Crippen LogP contribution in [-0.2, 0) is 29.0 Å². The van der Waals surface area contributed by atoms with Gasteiger partial charge in [0.2, 0.25) is 12.0 Å². The number of hydrogen-bond donors (Lipinski definition) is 10. The number of amidine groups is 1. The lowest BCUT2D eigenvalue weighted by molar-refractivity contribution is -0.338. The number of carbonyl (C=O) groups is 1. The molecule has 0 aromatic heterocycles. The number of carboxylic acids is 1. The number of ether oxygens (including phenoxy) is 5. The van der Waals surface area contributed by atoms with Crippen LogP contribution in [0.5, 0.6) is 34.5 Å². The molecule has 1 aliphatic carbocycles. The van der Waals surface area contributed by atoms with Gasteiger partial charge in [-0.2, -0.15) is 0 Å². The van der Waals surface area contributed by atoms with Gasteiger partial charge < -0.3 is 69.9 Å². The Hall–Kier alpha value is -7.55. The molecule has 0 spiro atoms. The van der Waals surface area contributed by atoms with Crippen LogP contribution >= 0.6 is 0 Å². The van der Waals surface area contributed by atoms with Gasteiger partial charge in [-0.05, 0) is 95.6 Å². The second-order valence-corrected chi connectivity index (χ2v) is 18.0. The van der Waals surface area contributed by atoms with Crippen molar-refractivity contribution in [3.63, 3.8) is 0 Å². The number of aliphatic hydroxyl groups is 5. The Morgan fingerprint density at radius 3 is 2.49 bits per heavy atom. The molecule has 0 radical (unpaired) electrons. The fourth-order valence-corrected chi connectivity index (χ4v) is 9.50. The van der Waals surface area contributed by atoms with Crippen LogP contribution in [0.2, 0.25) is 0 Å². The number of phenolic OH excluding ortho intramolecular Hbond substituents is 2. The number of nitrogens with two attached hydrogens (primary N) is 1. The van der Waals surface area contributed by atoms with Gasteiger partial charge in [0.15, 0.2) is 28.9 Å². The summed E-state index contributed by atoms with van der Waals surface area (Å²) < 4.78 is 30.9. The van der Waals surface area contributed by atoms with Crippen LogP contribution < -0.4 is 29.7 Å². The molecule has 11 N–H and O–H groups in total. The van der Waals surface area contributed by atoms with Crippen molar-refractivity contribution >= 4 is 41.0 Å². The molecule has 1 saturated heterocycles. The Morgan fingerprint density at radius 1 is 1.00 bits per heavy atom. The lowest BCUT2D eigenvalue weighted by Crippen LogP contribution is -2.79. The number of aliphatic imine (C=N–C) groups is 3. The molecule has 71 heavy (non-hydrogen) atoms. The van der Waals surface area contributed by atoms with E-state index >= 15 is 0 Å². The summed E-state index contributed by atoms with van der Waals surface area (Å²) in [5.74, 6) is -4.10. The minimum absolute atomic E-state index is 0.00233. The van der Waals surface area contributed by atoms with Gasteiger partial charge in [0, 0.05) is 36.9 Å². The topological polar surface area (TPSA) is 300 Å². The van der Waals surface area contributed by atoms with Crippen LogP contribution in [0.25, 0.3) is 5.76 Å². The molecule has 5 aliphatic rings. The zero-order valence-electron chi connectivity index (χ0n) is 38.7. The molecule has 0 amide bonds. The number of nitrogens with one attached hydrogen (secondary N) is 1. The first-order valence-electron chi connectivity index (χ1n) is 23.0. The van der Waals surface area contributed by atoms with Gasteiger partial charge in [-0.25, -0.2) is 9.79 Å². The van der Waals surface area contributed by atoms with Crippen LogP contribution in [0.4, 0.5) is 5.69 Å². The number of phenols is 2. The highest BCUT2D eigenvalue weighted by atomic mass is 16.7. The molecule has 370 valence electrons. The van der Waals surface area contributed by atoms with E-state index in [0.717, 1.165) is 11.3 Å². The summed E-state index contributed by atoms with van der Waals surface area (Å²) >= 11 is 0. The molecule has 1 fully saturated rings. The van der Waals surface area contributed by atoms with Gasteiger partial charge in [0.25, 0.3) is 0 Å². The Kier molecular flexibility index (Phi) is 13.4. The highest BCUT2D eigenvalue weighted by Gasteiger charge is 2.71. The van der Waals surface area contributed by atoms with E-state index in [4.69, 9.17) is 29.1 Å². The summed E-state index contributed by atoms with van der Waals surface area (Å²) in [6.07, 6.45) is 0.263. The maximum Gasteiger partial charge on any atom is 0.336 e. The van der Waals surface area contributed by atoms with Crippen LogP contribution in [0.3, 0.4) is 0 Å². The van der Waals surface area contributed by atoms with Crippen molar-refractivity contribution in [3.05, 3.63) is 130 Å². The van der Waals surface area contributed by atoms with Crippen LogP contribution in [0.1, 0.15) is 54.2 Å². The summed E-state index contributed by atoms with van der Waals surface area (Å²) in [6.45, 7) is 3.80. The van der Waals surface area contributed by atoms with Gasteiger partial charge >= 0.3 is 11.8 Å². The number of fused-ring (bicyclic) bond motifs is 3. The third-order valence-corrected chi connectivity index (χ3v) is 12.9. The number of nitrogens with zero attached hydrogens (tertiary/aromatic N) is 3. The SMILES string of the molecule is CCc1cc(O)cc(COc2c(OC3OC(C(=O)O)C4(O)C(C5=NC=NC5)C(Cc5cccc(NCC(C)O)c5)=CC3(O)C4O)cc3c(c2O)C(O)=CC(c2ccc(OCCC4=NC(=[NH2+])C=C4)cc2)O3)c1. The number of anilines is 1. The van der Waals surface area contributed by atoms with E-state index in [-0.39, 0.29) is 54.5 Å². The molecule has 4 aliphatic heterocycles. The maximum atomic E-state index is 13.3. The monoisotopic (exact) mass is 972 g/mol.